The van der Waals surface area contributed by atoms with Gasteiger partial charge in [-0.3, -0.25) is 9.59 Å². The summed E-state index contributed by atoms with van der Waals surface area (Å²) in [7, 11) is 0. The highest BCUT2D eigenvalue weighted by Crippen LogP contribution is 2.17. The molecule has 5 heteroatoms. The third-order valence-corrected chi connectivity index (χ3v) is 4.16. The second-order valence-corrected chi connectivity index (χ2v) is 5.92. The van der Waals surface area contributed by atoms with E-state index in [2.05, 4.69) is 5.32 Å². The van der Waals surface area contributed by atoms with Crippen LogP contribution in [0.1, 0.15) is 22.8 Å². The average molecular weight is 341 g/mol. The van der Waals surface area contributed by atoms with Gasteiger partial charge in [0, 0.05) is 29.7 Å². The number of carbonyl (C=O) groups is 1. The average Bonchev–Trinajstić information content (AvgIpc) is 2.61. The van der Waals surface area contributed by atoms with Crippen LogP contribution in [-0.4, -0.2) is 10.5 Å². The quantitative estimate of drug-likeness (QED) is 0.788. The van der Waals surface area contributed by atoms with Crippen LogP contribution in [0.3, 0.4) is 0 Å². The van der Waals surface area contributed by atoms with Crippen molar-refractivity contribution in [1.29, 1.82) is 0 Å². The van der Waals surface area contributed by atoms with Gasteiger partial charge in [-0.25, -0.2) is 0 Å². The first-order chi connectivity index (χ1) is 11.6. The van der Waals surface area contributed by atoms with Crippen molar-refractivity contribution in [3.8, 4) is 0 Å². The molecule has 3 aromatic rings. The van der Waals surface area contributed by atoms with Crippen molar-refractivity contribution in [2.24, 2.45) is 0 Å². The lowest BCUT2D eigenvalue weighted by molar-refractivity contribution is 0.0949. The molecule has 0 saturated heterocycles. The van der Waals surface area contributed by atoms with Crippen molar-refractivity contribution in [3.05, 3.63) is 81.1 Å². The fourth-order valence-corrected chi connectivity index (χ4v) is 2.84. The summed E-state index contributed by atoms with van der Waals surface area (Å²) in [5, 5.41) is 3.73. The summed E-state index contributed by atoms with van der Waals surface area (Å²) in [6.07, 6.45) is 1.61. The molecule has 0 aliphatic rings. The summed E-state index contributed by atoms with van der Waals surface area (Å²) < 4.78 is 1.88. The van der Waals surface area contributed by atoms with Crippen LogP contribution in [0.5, 0.6) is 0 Å². The summed E-state index contributed by atoms with van der Waals surface area (Å²) in [4.78, 5) is 25.1. The van der Waals surface area contributed by atoms with Crippen LogP contribution < -0.4 is 10.7 Å². The molecule has 4 nitrogen and oxygen atoms in total. The lowest BCUT2D eigenvalue weighted by atomic mass is 10.1. The fourth-order valence-electron chi connectivity index (χ4n) is 2.67. The monoisotopic (exact) mass is 340 g/mol. The van der Waals surface area contributed by atoms with Crippen molar-refractivity contribution in [2.75, 3.05) is 0 Å². The van der Waals surface area contributed by atoms with Crippen LogP contribution >= 0.6 is 11.6 Å². The molecule has 0 unspecified atom stereocenters. The topological polar surface area (TPSA) is 51.1 Å². The highest BCUT2D eigenvalue weighted by molar-refractivity contribution is 6.31. The summed E-state index contributed by atoms with van der Waals surface area (Å²) in [6, 6.07) is 14.7. The lowest BCUT2D eigenvalue weighted by Crippen LogP contribution is -2.29. The number of nitrogens with one attached hydrogen (secondary N) is 1. The minimum Gasteiger partial charge on any atom is -0.348 e. The maximum atomic E-state index is 12.7. The summed E-state index contributed by atoms with van der Waals surface area (Å²) >= 11 is 6.01. The van der Waals surface area contributed by atoms with E-state index in [0.29, 0.717) is 23.5 Å². The van der Waals surface area contributed by atoms with Gasteiger partial charge in [0.1, 0.15) is 5.56 Å². The third kappa shape index (κ3) is 3.19. The molecule has 0 spiro atoms. The Bertz CT molecular complexity index is 949. The Labute approximate surface area is 144 Å². The van der Waals surface area contributed by atoms with Gasteiger partial charge in [0.2, 0.25) is 5.43 Å². The first-order valence-electron chi connectivity index (χ1n) is 7.75. The molecule has 1 amide bonds. The molecule has 0 aliphatic heterocycles. The number of aryl methyl sites for hydroxylation is 1. The molecule has 1 N–H and O–H groups in total. The lowest BCUT2D eigenvalue weighted by Gasteiger charge is -2.12. The first-order valence-corrected chi connectivity index (χ1v) is 8.12. The molecular weight excluding hydrogens is 324 g/mol. The number of benzene rings is 2. The van der Waals surface area contributed by atoms with Gasteiger partial charge in [-0.05, 0) is 30.7 Å². The van der Waals surface area contributed by atoms with Gasteiger partial charge in [0.25, 0.3) is 5.91 Å². The van der Waals surface area contributed by atoms with E-state index in [9.17, 15) is 9.59 Å². The first kappa shape index (κ1) is 16.3. The zero-order valence-electron chi connectivity index (χ0n) is 13.3. The van der Waals surface area contributed by atoms with Gasteiger partial charge in [-0.1, -0.05) is 41.9 Å². The van der Waals surface area contributed by atoms with Crippen molar-refractivity contribution < 1.29 is 4.79 Å². The normalized spacial score (nSPS) is 10.8. The predicted octanol–water partition coefficient (Wildman–Crippen LogP) is 3.60. The Morgan fingerprint density at radius 1 is 1.17 bits per heavy atom. The maximum absolute atomic E-state index is 12.7. The van der Waals surface area contributed by atoms with E-state index in [1.54, 1.807) is 24.4 Å². The molecule has 0 atom stereocenters. The van der Waals surface area contributed by atoms with Gasteiger partial charge < -0.3 is 9.88 Å². The summed E-state index contributed by atoms with van der Waals surface area (Å²) in [5.74, 6) is -0.382. The zero-order chi connectivity index (χ0) is 17.1. The van der Waals surface area contributed by atoms with Gasteiger partial charge in [0.05, 0.1) is 5.52 Å². The van der Waals surface area contributed by atoms with Crippen LogP contribution in [0.25, 0.3) is 10.9 Å². The number of nitrogens with zero attached hydrogens (tertiary/aromatic N) is 1. The Hall–Kier alpha value is -2.59. The molecule has 122 valence electrons. The minimum atomic E-state index is -0.382. The standard InChI is InChI=1S/C19H17ClN2O2/c1-2-22-12-16(18(23)15-10-14(20)8-9-17(15)22)19(24)21-11-13-6-4-3-5-7-13/h3-10,12H,2,11H2,1H3,(H,21,24). The van der Waals surface area contributed by atoms with E-state index >= 15 is 0 Å². The van der Waals surface area contributed by atoms with Gasteiger partial charge in [0.15, 0.2) is 0 Å². The number of hydrogen-bond acceptors (Lipinski definition) is 2. The summed E-state index contributed by atoms with van der Waals surface area (Å²) in [6.45, 7) is 2.99. The molecule has 0 bridgehead atoms. The van der Waals surface area contributed by atoms with Gasteiger partial charge in [-0.2, -0.15) is 0 Å². The van der Waals surface area contributed by atoms with Crippen molar-refractivity contribution >= 4 is 28.4 Å². The molecule has 0 saturated carbocycles. The Kier molecular flexibility index (Phi) is 4.67. The number of rotatable bonds is 4. The molecule has 24 heavy (non-hydrogen) atoms. The zero-order valence-corrected chi connectivity index (χ0v) is 14.0. The SMILES string of the molecule is CCn1cc(C(=O)NCc2ccccc2)c(=O)c2cc(Cl)ccc21. The van der Waals surface area contributed by atoms with Gasteiger partial charge in [-0.15, -0.1) is 0 Å². The molecule has 0 fully saturated rings. The molecule has 3 rings (SSSR count). The van der Waals surface area contributed by atoms with Crippen LogP contribution in [0.15, 0.2) is 59.5 Å². The summed E-state index contributed by atoms with van der Waals surface area (Å²) in [5.41, 5.74) is 1.57. The van der Waals surface area contributed by atoms with Crippen LogP contribution in [0, 0.1) is 0 Å². The number of amides is 1. The smallest absolute Gasteiger partial charge is 0.257 e. The number of pyridine rings is 1. The van der Waals surface area contributed by atoms with E-state index in [1.165, 1.54) is 0 Å². The minimum absolute atomic E-state index is 0.127. The highest BCUT2D eigenvalue weighted by atomic mass is 35.5. The van der Waals surface area contributed by atoms with E-state index < -0.39 is 0 Å². The van der Waals surface area contributed by atoms with E-state index in [-0.39, 0.29) is 16.9 Å². The number of carbonyl (C=O) groups excluding carboxylic acids is 1. The molecular formula is C19H17ClN2O2. The molecule has 2 aromatic carbocycles. The molecule has 1 heterocycles. The predicted molar refractivity (Wildman–Crippen MR) is 96.5 cm³/mol. The van der Waals surface area contributed by atoms with Crippen molar-refractivity contribution in [3.63, 3.8) is 0 Å². The second-order valence-electron chi connectivity index (χ2n) is 5.49. The molecule has 0 aliphatic carbocycles. The van der Waals surface area contributed by atoms with Crippen molar-refractivity contribution in [2.45, 2.75) is 20.0 Å². The molecule has 0 radical (unpaired) electrons. The Balaban J connectivity index is 1.98. The number of halogens is 1. The largest absolute Gasteiger partial charge is 0.348 e. The van der Waals surface area contributed by atoms with E-state index in [1.807, 2.05) is 41.8 Å². The second kappa shape index (κ2) is 6.89. The molecule has 1 aromatic heterocycles. The number of fused-ring (bicyclic) bond motifs is 1. The van der Waals surface area contributed by atoms with Crippen molar-refractivity contribution in [1.82, 2.24) is 9.88 Å². The third-order valence-electron chi connectivity index (χ3n) is 3.92. The van der Waals surface area contributed by atoms with Gasteiger partial charge >= 0.3 is 0 Å². The van der Waals surface area contributed by atoms with E-state index in [0.717, 1.165) is 11.1 Å². The maximum Gasteiger partial charge on any atom is 0.257 e. The number of hydrogen-bond donors (Lipinski definition) is 1. The number of aromatic nitrogens is 1. The van der Waals surface area contributed by atoms with Crippen LogP contribution in [0.2, 0.25) is 5.02 Å². The Morgan fingerprint density at radius 2 is 1.92 bits per heavy atom. The highest BCUT2D eigenvalue weighted by Gasteiger charge is 2.15. The Morgan fingerprint density at radius 3 is 2.62 bits per heavy atom. The van der Waals surface area contributed by atoms with Crippen LogP contribution in [0.4, 0.5) is 0 Å². The fraction of sp³-hybridized carbons (Fsp3) is 0.158. The van der Waals surface area contributed by atoms with Crippen LogP contribution in [-0.2, 0) is 13.1 Å². The van der Waals surface area contributed by atoms with E-state index in [4.69, 9.17) is 11.6 Å².